The van der Waals surface area contributed by atoms with E-state index in [0.717, 1.165) is 43.6 Å². The Bertz CT molecular complexity index is 417. The molecule has 1 aromatic heterocycles. The molecule has 1 saturated heterocycles. The maximum Gasteiger partial charge on any atom is 0.149 e. The van der Waals surface area contributed by atoms with Crippen LogP contribution in [-0.4, -0.2) is 29.6 Å². The normalized spacial score (nSPS) is 17.3. The van der Waals surface area contributed by atoms with E-state index < -0.39 is 0 Å². The summed E-state index contributed by atoms with van der Waals surface area (Å²) >= 11 is 0. The Morgan fingerprint density at radius 3 is 2.55 bits per heavy atom. The largest absolute Gasteiger partial charge is 0.369 e. The van der Waals surface area contributed by atoms with Gasteiger partial charge < -0.3 is 10.2 Å². The van der Waals surface area contributed by atoms with Crippen LogP contribution in [0.2, 0.25) is 0 Å². The molecule has 0 unspecified atom stereocenters. The van der Waals surface area contributed by atoms with Crippen LogP contribution in [0.1, 0.15) is 47.0 Å². The summed E-state index contributed by atoms with van der Waals surface area (Å²) in [6.45, 7) is 12.3. The molecular weight excluding hydrogens is 248 g/mol. The first-order valence-electron chi connectivity index (χ1n) is 7.81. The van der Waals surface area contributed by atoms with Crippen LogP contribution < -0.4 is 10.2 Å². The smallest absolute Gasteiger partial charge is 0.149 e. The number of nitrogens with one attached hydrogen (secondary N) is 1. The molecular formula is C16H28N4. The van der Waals surface area contributed by atoms with Crippen molar-refractivity contribution >= 4 is 11.6 Å². The van der Waals surface area contributed by atoms with E-state index in [2.05, 4.69) is 47.9 Å². The number of anilines is 2. The highest BCUT2D eigenvalue weighted by Gasteiger charge is 2.29. The maximum atomic E-state index is 4.67. The molecule has 1 aliphatic heterocycles. The molecule has 0 aromatic carbocycles. The van der Waals surface area contributed by atoms with E-state index in [1.165, 1.54) is 12.8 Å². The van der Waals surface area contributed by atoms with Gasteiger partial charge in [0.1, 0.15) is 11.6 Å². The Morgan fingerprint density at radius 2 is 1.95 bits per heavy atom. The van der Waals surface area contributed by atoms with E-state index in [0.29, 0.717) is 5.41 Å². The van der Waals surface area contributed by atoms with E-state index in [1.54, 1.807) is 6.20 Å². The standard InChI is InChI=1S/C16H28N4/c1-5-8-18-14-11-17-12-15(19-14)20-9-6-13(7-10-20)16(2,3)4/h11-13H,5-10H2,1-4H3,(H,18,19). The number of rotatable bonds is 4. The van der Waals surface area contributed by atoms with Crippen molar-refractivity contribution in [3.63, 3.8) is 0 Å². The molecule has 0 spiro atoms. The van der Waals surface area contributed by atoms with Gasteiger partial charge in [-0.25, -0.2) is 4.98 Å². The van der Waals surface area contributed by atoms with Crippen LogP contribution in [0.5, 0.6) is 0 Å². The fraction of sp³-hybridized carbons (Fsp3) is 0.750. The number of piperidine rings is 1. The molecule has 1 aromatic rings. The zero-order valence-corrected chi connectivity index (χ0v) is 13.3. The minimum Gasteiger partial charge on any atom is -0.369 e. The van der Waals surface area contributed by atoms with Crippen LogP contribution in [0.4, 0.5) is 11.6 Å². The van der Waals surface area contributed by atoms with Crippen LogP contribution in [0.3, 0.4) is 0 Å². The van der Waals surface area contributed by atoms with Gasteiger partial charge in [-0.1, -0.05) is 27.7 Å². The minimum absolute atomic E-state index is 0.419. The van der Waals surface area contributed by atoms with Crippen molar-refractivity contribution < 1.29 is 0 Å². The molecule has 2 heterocycles. The van der Waals surface area contributed by atoms with Gasteiger partial charge in [0.2, 0.25) is 0 Å². The molecule has 0 bridgehead atoms. The zero-order valence-electron chi connectivity index (χ0n) is 13.3. The molecule has 1 aliphatic rings. The van der Waals surface area contributed by atoms with Crippen molar-refractivity contribution in [2.24, 2.45) is 11.3 Å². The topological polar surface area (TPSA) is 41.1 Å². The van der Waals surface area contributed by atoms with Gasteiger partial charge in [-0.2, -0.15) is 0 Å². The third-order valence-electron chi connectivity index (χ3n) is 4.22. The van der Waals surface area contributed by atoms with Gasteiger partial charge >= 0.3 is 0 Å². The van der Waals surface area contributed by atoms with Crippen LogP contribution in [0, 0.1) is 11.3 Å². The molecule has 1 N–H and O–H groups in total. The quantitative estimate of drug-likeness (QED) is 0.913. The monoisotopic (exact) mass is 276 g/mol. The lowest BCUT2D eigenvalue weighted by Crippen LogP contribution is -2.38. The van der Waals surface area contributed by atoms with Gasteiger partial charge in [0, 0.05) is 19.6 Å². The summed E-state index contributed by atoms with van der Waals surface area (Å²) in [5, 5.41) is 3.31. The van der Waals surface area contributed by atoms with Crippen molar-refractivity contribution in [2.75, 3.05) is 29.9 Å². The minimum atomic E-state index is 0.419. The SMILES string of the molecule is CCCNc1cncc(N2CCC(C(C)(C)C)CC2)n1. The van der Waals surface area contributed by atoms with Crippen LogP contribution in [0.15, 0.2) is 12.4 Å². The Hall–Kier alpha value is -1.32. The highest BCUT2D eigenvalue weighted by Crippen LogP contribution is 2.35. The molecule has 2 rings (SSSR count). The average Bonchev–Trinajstić information content (AvgIpc) is 2.45. The summed E-state index contributed by atoms with van der Waals surface area (Å²) in [7, 11) is 0. The Labute approximate surface area is 123 Å². The van der Waals surface area contributed by atoms with E-state index >= 15 is 0 Å². The second-order valence-electron chi connectivity index (χ2n) is 6.82. The molecule has 4 nitrogen and oxygen atoms in total. The fourth-order valence-corrected chi connectivity index (χ4v) is 2.82. The second-order valence-corrected chi connectivity index (χ2v) is 6.82. The Morgan fingerprint density at radius 1 is 1.25 bits per heavy atom. The highest BCUT2D eigenvalue weighted by molar-refractivity contribution is 5.44. The predicted octanol–water partition coefficient (Wildman–Crippen LogP) is 3.56. The number of nitrogens with zero attached hydrogens (tertiary/aromatic N) is 3. The van der Waals surface area contributed by atoms with Crippen LogP contribution in [0.25, 0.3) is 0 Å². The van der Waals surface area contributed by atoms with Crippen molar-refractivity contribution in [2.45, 2.75) is 47.0 Å². The molecule has 4 heteroatoms. The number of hydrogen-bond acceptors (Lipinski definition) is 4. The summed E-state index contributed by atoms with van der Waals surface area (Å²) in [4.78, 5) is 11.4. The summed E-state index contributed by atoms with van der Waals surface area (Å²) in [5.41, 5.74) is 0.419. The summed E-state index contributed by atoms with van der Waals surface area (Å²) < 4.78 is 0. The molecule has 20 heavy (non-hydrogen) atoms. The van der Waals surface area contributed by atoms with Gasteiger partial charge in [0.25, 0.3) is 0 Å². The van der Waals surface area contributed by atoms with Crippen molar-refractivity contribution in [3.8, 4) is 0 Å². The molecule has 1 fully saturated rings. The van der Waals surface area contributed by atoms with Crippen LogP contribution in [-0.2, 0) is 0 Å². The zero-order chi connectivity index (χ0) is 14.6. The van der Waals surface area contributed by atoms with E-state index in [4.69, 9.17) is 0 Å². The van der Waals surface area contributed by atoms with Crippen LogP contribution >= 0.6 is 0 Å². The third kappa shape index (κ3) is 3.84. The number of hydrogen-bond donors (Lipinski definition) is 1. The van der Waals surface area contributed by atoms with Gasteiger partial charge in [-0.15, -0.1) is 0 Å². The Balaban J connectivity index is 1.96. The summed E-state index contributed by atoms with van der Waals surface area (Å²) in [5.74, 6) is 2.72. The van der Waals surface area contributed by atoms with Gasteiger partial charge in [-0.3, -0.25) is 4.98 Å². The van der Waals surface area contributed by atoms with E-state index in [1.807, 2.05) is 6.20 Å². The summed E-state index contributed by atoms with van der Waals surface area (Å²) in [6, 6.07) is 0. The second kappa shape index (κ2) is 6.42. The van der Waals surface area contributed by atoms with Crippen molar-refractivity contribution in [1.82, 2.24) is 9.97 Å². The third-order valence-corrected chi connectivity index (χ3v) is 4.22. The first-order chi connectivity index (χ1) is 9.50. The van der Waals surface area contributed by atoms with E-state index in [-0.39, 0.29) is 0 Å². The average molecular weight is 276 g/mol. The summed E-state index contributed by atoms with van der Waals surface area (Å²) in [6.07, 6.45) is 7.29. The molecule has 0 amide bonds. The first kappa shape index (κ1) is 15.1. The molecule has 0 radical (unpaired) electrons. The van der Waals surface area contributed by atoms with E-state index in [9.17, 15) is 0 Å². The fourth-order valence-electron chi connectivity index (χ4n) is 2.82. The molecule has 0 aliphatic carbocycles. The maximum absolute atomic E-state index is 4.67. The van der Waals surface area contributed by atoms with Crippen molar-refractivity contribution in [3.05, 3.63) is 12.4 Å². The first-order valence-corrected chi connectivity index (χ1v) is 7.81. The Kier molecular flexibility index (Phi) is 4.84. The van der Waals surface area contributed by atoms with Crippen molar-refractivity contribution in [1.29, 1.82) is 0 Å². The molecule has 112 valence electrons. The molecule has 0 saturated carbocycles. The molecule has 0 atom stereocenters. The highest BCUT2D eigenvalue weighted by atomic mass is 15.2. The van der Waals surface area contributed by atoms with Gasteiger partial charge in [-0.05, 0) is 30.6 Å². The predicted molar refractivity (Wildman–Crippen MR) is 85.2 cm³/mol. The lowest BCUT2D eigenvalue weighted by Gasteiger charge is -2.39. The van der Waals surface area contributed by atoms with Gasteiger partial charge in [0.15, 0.2) is 0 Å². The lowest BCUT2D eigenvalue weighted by atomic mass is 9.75. The van der Waals surface area contributed by atoms with Gasteiger partial charge in [0.05, 0.1) is 12.4 Å². The number of aromatic nitrogens is 2. The lowest BCUT2D eigenvalue weighted by molar-refractivity contribution is 0.198.